The summed E-state index contributed by atoms with van der Waals surface area (Å²) < 4.78 is 4.94. The molecule has 0 bridgehead atoms. The van der Waals surface area contributed by atoms with E-state index < -0.39 is 5.97 Å². The summed E-state index contributed by atoms with van der Waals surface area (Å²) >= 11 is 0. The molecule has 116 valence electrons. The first kappa shape index (κ1) is 17.1. The van der Waals surface area contributed by atoms with Crippen molar-refractivity contribution < 1.29 is 14.4 Å². The Morgan fingerprint density at radius 1 is 1.52 bits per heavy atom. The van der Waals surface area contributed by atoms with E-state index in [1.54, 1.807) is 6.92 Å². The van der Waals surface area contributed by atoms with Crippen molar-refractivity contribution in [2.45, 2.75) is 47.0 Å². The predicted octanol–water partition coefficient (Wildman–Crippen LogP) is 2.21. The van der Waals surface area contributed by atoms with E-state index in [2.05, 4.69) is 37.2 Å². The Kier molecular flexibility index (Phi) is 6.78. The van der Waals surface area contributed by atoms with Crippen molar-refractivity contribution in [2.75, 3.05) is 6.61 Å². The molecule has 0 N–H and O–H groups in total. The minimum absolute atomic E-state index is 0.137. The van der Waals surface area contributed by atoms with Gasteiger partial charge in [0, 0.05) is 0 Å². The Labute approximate surface area is 125 Å². The third kappa shape index (κ3) is 5.89. The van der Waals surface area contributed by atoms with Crippen LogP contribution in [-0.2, 0) is 11.2 Å². The van der Waals surface area contributed by atoms with Crippen molar-refractivity contribution in [1.82, 2.24) is 10.3 Å². The lowest BCUT2D eigenvalue weighted by Crippen LogP contribution is -2.34. The molecule has 0 saturated carbocycles. The molecule has 0 amide bonds. The first-order chi connectivity index (χ1) is 9.93. The summed E-state index contributed by atoms with van der Waals surface area (Å²) in [7, 11) is 0. The first-order valence-electron chi connectivity index (χ1n) is 7.20. The molecular weight excluding hydrogens is 270 g/mol. The van der Waals surface area contributed by atoms with Crippen molar-refractivity contribution in [3.05, 3.63) is 34.3 Å². The number of hydrogen-bond donors (Lipinski definition) is 0. The van der Waals surface area contributed by atoms with Crippen LogP contribution >= 0.6 is 0 Å². The topological polar surface area (TPSA) is 79.0 Å². The average Bonchev–Trinajstić information content (AvgIpc) is 2.38. The molecule has 0 fully saturated rings. The molecular formula is C15H23N3O3. The van der Waals surface area contributed by atoms with E-state index in [4.69, 9.17) is 4.74 Å². The third-order valence-electron chi connectivity index (χ3n) is 3.05. The molecule has 1 heterocycles. The lowest BCUT2D eigenvalue weighted by Gasteiger charge is -2.11. The van der Waals surface area contributed by atoms with Crippen LogP contribution in [0, 0.1) is 11.1 Å². The molecule has 0 saturated heterocycles. The third-order valence-corrected chi connectivity index (χ3v) is 3.05. The zero-order chi connectivity index (χ0) is 15.8. The molecule has 1 aromatic rings. The summed E-state index contributed by atoms with van der Waals surface area (Å²) in [4.78, 5) is 12.2. The molecule has 0 radical (unpaired) electrons. The van der Waals surface area contributed by atoms with Crippen LogP contribution in [0.3, 0.4) is 0 Å². The van der Waals surface area contributed by atoms with Crippen molar-refractivity contribution in [3.63, 3.8) is 0 Å². The van der Waals surface area contributed by atoms with Crippen molar-refractivity contribution in [3.8, 4) is 0 Å². The molecule has 1 aromatic heterocycles. The number of aromatic nitrogens is 3. The van der Waals surface area contributed by atoms with Gasteiger partial charge in [0.25, 0.3) is 5.69 Å². The second-order valence-corrected chi connectivity index (χ2v) is 5.38. The van der Waals surface area contributed by atoms with Crippen LogP contribution in [0.2, 0.25) is 0 Å². The van der Waals surface area contributed by atoms with Crippen LogP contribution in [0.25, 0.3) is 0 Å². The molecule has 0 aliphatic rings. The number of carbonyl (C=O) groups excluding carboxylic acids is 1. The highest BCUT2D eigenvalue weighted by atomic mass is 16.5. The van der Waals surface area contributed by atoms with Gasteiger partial charge in [0.1, 0.15) is 11.4 Å². The number of allylic oxidation sites excluding steroid dienone is 2. The van der Waals surface area contributed by atoms with Gasteiger partial charge in [-0.25, -0.2) is 4.79 Å². The van der Waals surface area contributed by atoms with Crippen LogP contribution in [0.5, 0.6) is 0 Å². The van der Waals surface area contributed by atoms with Crippen molar-refractivity contribution in [2.24, 2.45) is 5.92 Å². The fourth-order valence-corrected chi connectivity index (χ4v) is 2.03. The largest absolute Gasteiger partial charge is 0.691 e. The summed E-state index contributed by atoms with van der Waals surface area (Å²) in [6.45, 7) is 8.21. The molecule has 1 atom stereocenters. The summed E-state index contributed by atoms with van der Waals surface area (Å²) in [5.74, 6) is -0.199. The van der Waals surface area contributed by atoms with Gasteiger partial charge in [0.05, 0.1) is 17.3 Å². The Hall–Kier alpha value is -1.98. The van der Waals surface area contributed by atoms with Gasteiger partial charge in [-0.05, 0) is 46.0 Å². The first-order valence-corrected chi connectivity index (χ1v) is 7.20. The maximum Gasteiger partial charge on any atom is 0.386 e. The molecule has 21 heavy (non-hydrogen) atoms. The zero-order valence-corrected chi connectivity index (χ0v) is 13.1. The van der Waals surface area contributed by atoms with Gasteiger partial charge in [-0.15, -0.1) is 4.85 Å². The van der Waals surface area contributed by atoms with E-state index in [0.29, 0.717) is 22.7 Å². The molecule has 0 unspecified atom stereocenters. The quantitative estimate of drug-likeness (QED) is 0.333. The summed E-state index contributed by atoms with van der Waals surface area (Å²) in [5.41, 5.74) is 2.01. The van der Waals surface area contributed by atoms with E-state index in [-0.39, 0.29) is 12.3 Å². The molecule has 1 rings (SSSR count). The number of rotatable bonds is 7. The molecule has 6 nitrogen and oxygen atoms in total. The van der Waals surface area contributed by atoms with Gasteiger partial charge in [-0.3, -0.25) is 0 Å². The summed E-state index contributed by atoms with van der Waals surface area (Å²) in [5, 5.41) is 18.3. The Morgan fingerprint density at radius 2 is 2.24 bits per heavy atom. The number of hydrogen-bond acceptors (Lipinski definition) is 5. The smallest absolute Gasteiger partial charge is 0.386 e. The van der Waals surface area contributed by atoms with Crippen LogP contribution in [0.4, 0.5) is 0 Å². The van der Waals surface area contributed by atoms with Gasteiger partial charge in [-0.1, -0.05) is 18.6 Å². The summed E-state index contributed by atoms with van der Waals surface area (Å²) in [6.07, 6.45) is 6.04. The second kappa shape index (κ2) is 8.34. The zero-order valence-electron chi connectivity index (χ0n) is 13.1. The van der Waals surface area contributed by atoms with Gasteiger partial charge >= 0.3 is 5.97 Å². The van der Waals surface area contributed by atoms with Crippen LogP contribution in [0.1, 0.15) is 56.6 Å². The van der Waals surface area contributed by atoms with E-state index in [9.17, 15) is 10.0 Å². The minimum atomic E-state index is -0.530. The molecule has 0 aliphatic heterocycles. The molecule has 0 spiro atoms. The fourth-order valence-electron chi connectivity index (χ4n) is 2.03. The van der Waals surface area contributed by atoms with Crippen LogP contribution in [0.15, 0.2) is 17.8 Å². The fraction of sp³-hybridized carbons (Fsp3) is 0.600. The summed E-state index contributed by atoms with van der Waals surface area (Å²) in [6, 6.07) is 0. The van der Waals surface area contributed by atoms with Gasteiger partial charge in [0.2, 0.25) is 0 Å². The number of ether oxygens (including phenoxy) is 1. The maximum atomic E-state index is 11.8. The normalized spacial score (nSPS) is 11.8. The highest BCUT2D eigenvalue weighted by Crippen LogP contribution is 2.16. The number of esters is 1. The van der Waals surface area contributed by atoms with E-state index in [1.807, 2.05) is 0 Å². The van der Waals surface area contributed by atoms with Gasteiger partial charge < -0.3 is 9.94 Å². The predicted molar refractivity (Wildman–Crippen MR) is 78.5 cm³/mol. The monoisotopic (exact) mass is 293 g/mol. The lowest BCUT2D eigenvalue weighted by molar-refractivity contribution is -0.675. The van der Waals surface area contributed by atoms with Crippen molar-refractivity contribution in [1.29, 1.82) is 0 Å². The molecule has 6 heteroatoms. The Morgan fingerprint density at radius 3 is 2.86 bits per heavy atom. The standard InChI is InChI=1S/C15H23N3O3/c1-5-21-15(19)14-13(10-18(20)17-16-14)9-12(4)8-6-7-11(2)3/h7,10,12H,5-6,8-9H2,1-4H3/t12-/m0/s1. The van der Waals surface area contributed by atoms with E-state index in [0.717, 1.165) is 12.8 Å². The minimum Gasteiger partial charge on any atom is -0.691 e. The number of nitrogens with zero attached hydrogens (tertiary/aromatic N) is 3. The molecule has 0 aliphatic carbocycles. The highest BCUT2D eigenvalue weighted by molar-refractivity contribution is 5.88. The Bertz CT molecular complexity index is 511. The molecule has 0 aromatic carbocycles. The number of carbonyl (C=O) groups is 1. The second-order valence-electron chi connectivity index (χ2n) is 5.38. The Balaban J connectivity index is 2.78. The average molecular weight is 293 g/mol. The van der Waals surface area contributed by atoms with Crippen LogP contribution in [-0.4, -0.2) is 22.9 Å². The highest BCUT2D eigenvalue weighted by Gasteiger charge is 2.23. The maximum absolute atomic E-state index is 11.8. The lowest BCUT2D eigenvalue weighted by atomic mass is 9.96. The van der Waals surface area contributed by atoms with Crippen molar-refractivity contribution >= 4 is 5.97 Å². The van der Waals surface area contributed by atoms with Crippen LogP contribution < -0.4 is 4.85 Å². The van der Waals surface area contributed by atoms with Gasteiger partial charge in [-0.2, -0.15) is 0 Å². The van der Waals surface area contributed by atoms with E-state index >= 15 is 0 Å². The SMILES string of the molecule is CCOC(=O)c1nn[n+]([O-])cc1C[C@@H](C)CCC=C(C)C. The van der Waals surface area contributed by atoms with E-state index in [1.165, 1.54) is 11.8 Å². The van der Waals surface area contributed by atoms with Gasteiger partial charge in [0.15, 0.2) is 0 Å².